The van der Waals surface area contributed by atoms with E-state index in [4.69, 9.17) is 10.2 Å². The van der Waals surface area contributed by atoms with Gasteiger partial charge in [0, 0.05) is 12.2 Å². The van der Waals surface area contributed by atoms with E-state index in [2.05, 4.69) is 33.9 Å². The van der Waals surface area contributed by atoms with Crippen LogP contribution in [0.1, 0.15) is 25.7 Å². The van der Waals surface area contributed by atoms with E-state index in [0.717, 1.165) is 6.42 Å². The van der Waals surface area contributed by atoms with Gasteiger partial charge in [0.2, 0.25) is 17.7 Å². The molecule has 0 aromatic carbocycles. The van der Waals surface area contributed by atoms with E-state index in [1.54, 1.807) is 0 Å². The molecule has 4 atom stereocenters. The van der Waals surface area contributed by atoms with E-state index in [1.807, 2.05) is 0 Å². The van der Waals surface area contributed by atoms with Crippen molar-refractivity contribution in [2.45, 2.75) is 49.9 Å². The quantitative estimate of drug-likeness (QED) is 0.148. The van der Waals surface area contributed by atoms with E-state index in [9.17, 15) is 29.1 Å². The number of amides is 3. The van der Waals surface area contributed by atoms with Crippen molar-refractivity contribution in [3.63, 3.8) is 0 Å². The van der Waals surface area contributed by atoms with Crippen molar-refractivity contribution >= 4 is 42.3 Å². The van der Waals surface area contributed by atoms with Crippen molar-refractivity contribution in [2.24, 2.45) is 0 Å². The molecular weight excluding hydrogens is 408 g/mol. The van der Waals surface area contributed by atoms with Gasteiger partial charge in [-0.1, -0.05) is 0 Å². The minimum atomic E-state index is -1.49. The number of carbonyl (C=O) groups excluding carboxylic acids is 3. The highest BCUT2D eigenvalue weighted by molar-refractivity contribution is 7.80. The lowest BCUT2D eigenvalue weighted by Crippen LogP contribution is -2.58. The third kappa shape index (κ3) is 8.25. The summed E-state index contributed by atoms with van der Waals surface area (Å²) in [6.45, 7) is -0.188. The van der Waals surface area contributed by atoms with Gasteiger partial charge in [-0.15, -0.1) is 0 Å². The van der Waals surface area contributed by atoms with Gasteiger partial charge in [0.05, 0.1) is 12.6 Å². The van der Waals surface area contributed by atoms with Crippen molar-refractivity contribution in [1.29, 1.82) is 0 Å². The zero-order valence-electron chi connectivity index (χ0n) is 15.6. The molecule has 29 heavy (non-hydrogen) atoms. The highest BCUT2D eigenvalue weighted by Crippen LogP contribution is 2.07. The smallest absolute Gasteiger partial charge is 0.327 e. The average molecular weight is 434 g/mol. The molecule has 0 saturated carbocycles. The second kappa shape index (κ2) is 12.2. The third-order valence-corrected chi connectivity index (χ3v) is 4.63. The molecule has 4 unspecified atom stereocenters. The number of rotatable bonds is 12. The zero-order chi connectivity index (χ0) is 22.0. The first-order chi connectivity index (χ1) is 13.7. The van der Waals surface area contributed by atoms with Crippen molar-refractivity contribution in [1.82, 2.24) is 21.3 Å². The maximum Gasteiger partial charge on any atom is 0.327 e. The second-order valence-electron chi connectivity index (χ2n) is 6.47. The summed E-state index contributed by atoms with van der Waals surface area (Å²) in [6, 6.07) is -4.56. The highest BCUT2D eigenvalue weighted by atomic mass is 32.1. The normalized spacial score (nSPS) is 18.9. The number of aliphatic carboxylic acids is 2. The molecule has 1 saturated heterocycles. The Kier molecular flexibility index (Phi) is 10.4. The fraction of sp³-hybridized carbons (Fsp3) is 0.688. The Morgan fingerprint density at radius 3 is 2.10 bits per heavy atom. The summed E-state index contributed by atoms with van der Waals surface area (Å²) in [7, 11) is 0. The lowest BCUT2D eigenvalue weighted by Gasteiger charge is -2.23. The van der Waals surface area contributed by atoms with Gasteiger partial charge in [0.25, 0.3) is 0 Å². The number of aliphatic hydroxyl groups excluding tert-OH is 1. The molecule has 164 valence electrons. The first kappa shape index (κ1) is 24.7. The number of carbonyl (C=O) groups is 5. The first-order valence-corrected chi connectivity index (χ1v) is 9.63. The summed E-state index contributed by atoms with van der Waals surface area (Å²) in [4.78, 5) is 58.7. The Morgan fingerprint density at radius 2 is 1.62 bits per heavy atom. The molecular formula is C16H26N4O8S. The summed E-state index contributed by atoms with van der Waals surface area (Å²) in [5.41, 5.74) is 0. The highest BCUT2D eigenvalue weighted by Gasteiger charge is 2.31. The van der Waals surface area contributed by atoms with Crippen LogP contribution in [-0.2, 0) is 24.0 Å². The fourth-order valence-corrected chi connectivity index (χ4v) is 2.89. The average Bonchev–Trinajstić information content (AvgIpc) is 3.21. The molecule has 3 amide bonds. The van der Waals surface area contributed by atoms with E-state index < -0.39 is 66.9 Å². The van der Waals surface area contributed by atoms with E-state index in [0.29, 0.717) is 13.0 Å². The molecule has 1 aliphatic rings. The Balaban J connectivity index is 2.78. The van der Waals surface area contributed by atoms with Gasteiger partial charge in [-0.05, 0) is 25.8 Å². The summed E-state index contributed by atoms with van der Waals surface area (Å²) in [5.74, 6) is -5.02. The van der Waals surface area contributed by atoms with Crippen LogP contribution in [0.3, 0.4) is 0 Å². The van der Waals surface area contributed by atoms with E-state index >= 15 is 0 Å². The molecule has 1 heterocycles. The number of hydrogen-bond donors (Lipinski definition) is 8. The number of carboxylic acid groups (broad SMARTS) is 2. The molecule has 13 heteroatoms. The predicted molar refractivity (Wildman–Crippen MR) is 102 cm³/mol. The standard InChI is InChI=1S/C16H26N4O8S/c21-6-10(15(26)20-11(7-29)16(27)28)19-14(25)9(3-4-12(22)23)18-13(24)8-2-1-5-17-8/h8-11,17,21,29H,1-7H2,(H,18,24)(H,19,25)(H,20,26)(H,22,23)(H,27,28). The van der Waals surface area contributed by atoms with Gasteiger partial charge in [0.1, 0.15) is 18.1 Å². The van der Waals surface area contributed by atoms with Crippen LogP contribution in [0.4, 0.5) is 0 Å². The van der Waals surface area contributed by atoms with E-state index in [-0.39, 0.29) is 12.2 Å². The van der Waals surface area contributed by atoms with Crippen LogP contribution in [0.25, 0.3) is 0 Å². The van der Waals surface area contributed by atoms with Crippen LogP contribution >= 0.6 is 12.6 Å². The van der Waals surface area contributed by atoms with Crippen LogP contribution < -0.4 is 21.3 Å². The van der Waals surface area contributed by atoms with Gasteiger partial charge in [-0.25, -0.2) is 4.79 Å². The maximum absolute atomic E-state index is 12.5. The fourth-order valence-electron chi connectivity index (χ4n) is 2.64. The van der Waals surface area contributed by atoms with Crippen molar-refractivity contribution in [3.8, 4) is 0 Å². The van der Waals surface area contributed by atoms with Crippen molar-refractivity contribution in [3.05, 3.63) is 0 Å². The zero-order valence-corrected chi connectivity index (χ0v) is 16.5. The molecule has 0 bridgehead atoms. The first-order valence-electron chi connectivity index (χ1n) is 9.00. The lowest BCUT2D eigenvalue weighted by molar-refractivity contribution is -0.142. The molecule has 0 spiro atoms. The molecule has 1 aliphatic heterocycles. The SMILES string of the molecule is O=C(O)CCC(NC(=O)C1CCCN1)C(=O)NC(CO)C(=O)NC(CS)C(=O)O. The molecule has 7 N–H and O–H groups in total. The number of carboxylic acids is 2. The summed E-state index contributed by atoms with van der Waals surface area (Å²) >= 11 is 3.80. The van der Waals surface area contributed by atoms with Gasteiger partial charge < -0.3 is 36.6 Å². The third-order valence-electron chi connectivity index (χ3n) is 4.27. The molecule has 1 rings (SSSR count). The van der Waals surface area contributed by atoms with Gasteiger partial charge in [0.15, 0.2) is 0 Å². The summed E-state index contributed by atoms with van der Waals surface area (Å²) in [6.07, 6.45) is 0.717. The number of aliphatic hydroxyl groups is 1. The van der Waals surface area contributed by atoms with Gasteiger partial charge in [-0.3, -0.25) is 19.2 Å². The Morgan fingerprint density at radius 1 is 1.00 bits per heavy atom. The van der Waals surface area contributed by atoms with Crippen LogP contribution in [-0.4, -0.2) is 88.1 Å². The predicted octanol–water partition coefficient (Wildman–Crippen LogP) is -2.94. The minimum absolute atomic E-state index is 0.209. The molecule has 12 nitrogen and oxygen atoms in total. The molecule has 1 fully saturated rings. The molecule has 0 aliphatic carbocycles. The maximum atomic E-state index is 12.5. The van der Waals surface area contributed by atoms with Crippen LogP contribution in [0.15, 0.2) is 0 Å². The van der Waals surface area contributed by atoms with Crippen LogP contribution in [0.2, 0.25) is 0 Å². The molecule has 0 radical (unpaired) electrons. The molecule has 0 aromatic rings. The molecule has 0 aromatic heterocycles. The lowest BCUT2D eigenvalue weighted by atomic mass is 10.1. The number of hydrogen-bond acceptors (Lipinski definition) is 8. The van der Waals surface area contributed by atoms with E-state index in [1.165, 1.54) is 0 Å². The Hall–Kier alpha value is -2.38. The summed E-state index contributed by atoms with van der Waals surface area (Å²) < 4.78 is 0. The van der Waals surface area contributed by atoms with Gasteiger partial charge in [-0.2, -0.15) is 12.6 Å². The topological polar surface area (TPSA) is 194 Å². The largest absolute Gasteiger partial charge is 0.481 e. The van der Waals surface area contributed by atoms with Gasteiger partial charge >= 0.3 is 11.9 Å². The van der Waals surface area contributed by atoms with Crippen molar-refractivity contribution < 1.29 is 39.3 Å². The number of thiol groups is 1. The van der Waals surface area contributed by atoms with Crippen LogP contribution in [0.5, 0.6) is 0 Å². The van der Waals surface area contributed by atoms with Crippen molar-refractivity contribution in [2.75, 3.05) is 18.9 Å². The monoisotopic (exact) mass is 434 g/mol. The minimum Gasteiger partial charge on any atom is -0.481 e. The number of nitrogens with one attached hydrogen (secondary N) is 4. The Bertz CT molecular complexity index is 626. The second-order valence-corrected chi connectivity index (χ2v) is 6.83. The summed E-state index contributed by atoms with van der Waals surface area (Å²) in [5, 5.41) is 36.9. The Labute approximate surface area is 172 Å². The van der Waals surface area contributed by atoms with Crippen LogP contribution in [0, 0.1) is 0 Å².